The van der Waals surface area contributed by atoms with E-state index in [0.717, 1.165) is 35.7 Å². The lowest BCUT2D eigenvalue weighted by Crippen LogP contribution is -2.94. The summed E-state index contributed by atoms with van der Waals surface area (Å²) in [6.07, 6.45) is 2.20. The molecule has 2 aromatic carbocycles. The number of rotatable bonds is 5. The summed E-state index contributed by atoms with van der Waals surface area (Å²) in [5, 5.41) is 2.38. The molecule has 0 fully saturated rings. The van der Waals surface area contributed by atoms with Crippen LogP contribution >= 0.6 is 0 Å². The molecule has 0 amide bonds. The maximum atomic E-state index is 5.31. The number of hydrogen-bond donors (Lipinski definition) is 1. The third-order valence-corrected chi connectivity index (χ3v) is 4.86. The zero-order valence-electron chi connectivity index (χ0n) is 16.4. The lowest BCUT2D eigenvalue weighted by molar-refractivity contribution is -0.717. The van der Waals surface area contributed by atoms with Crippen molar-refractivity contribution in [1.29, 1.82) is 0 Å². The maximum Gasteiger partial charge on any atom is 0.215 e. The van der Waals surface area contributed by atoms with E-state index in [1.807, 2.05) is 18.2 Å². The van der Waals surface area contributed by atoms with Gasteiger partial charge < -0.3 is 14.6 Å². The van der Waals surface area contributed by atoms with Crippen LogP contribution in [0.25, 0.3) is 28.1 Å². The van der Waals surface area contributed by atoms with Gasteiger partial charge in [-0.25, -0.2) is 4.98 Å². The largest absolute Gasteiger partial charge is 0.497 e. The van der Waals surface area contributed by atoms with Gasteiger partial charge in [-0.05, 0) is 57.2 Å². The van der Waals surface area contributed by atoms with E-state index < -0.39 is 0 Å². The second-order valence-electron chi connectivity index (χ2n) is 8.02. The average molecular weight is 363 g/mol. The number of benzene rings is 2. The van der Waals surface area contributed by atoms with Gasteiger partial charge in [0.25, 0.3) is 0 Å². The van der Waals surface area contributed by atoms with Gasteiger partial charge in [-0.2, -0.15) is 0 Å². The summed E-state index contributed by atoms with van der Waals surface area (Å²) in [4.78, 5) is 4.90. The fourth-order valence-corrected chi connectivity index (χ4v) is 3.49. The molecule has 0 bridgehead atoms. The fraction of sp³-hybridized carbons (Fsp3) is 0.318. The summed E-state index contributed by atoms with van der Waals surface area (Å²) in [5.74, 6) is 1.86. The third-order valence-electron chi connectivity index (χ3n) is 4.86. The van der Waals surface area contributed by atoms with Gasteiger partial charge in [0.2, 0.25) is 5.78 Å². The van der Waals surface area contributed by atoms with Crippen LogP contribution in [0.4, 0.5) is 0 Å². The molecule has 0 atom stereocenters. The lowest BCUT2D eigenvalue weighted by Gasteiger charge is -2.17. The van der Waals surface area contributed by atoms with Crippen LogP contribution in [0.1, 0.15) is 20.8 Å². The Labute approximate surface area is 159 Å². The maximum absolute atomic E-state index is 5.31. The van der Waals surface area contributed by atoms with E-state index in [0.29, 0.717) is 0 Å². The minimum Gasteiger partial charge on any atom is -0.497 e. The van der Waals surface area contributed by atoms with Gasteiger partial charge >= 0.3 is 0 Å². The monoisotopic (exact) mass is 363 g/mol. The first-order valence-electron chi connectivity index (χ1n) is 9.41. The molecule has 2 aromatic heterocycles. The first kappa shape index (κ1) is 17.6. The van der Waals surface area contributed by atoms with Gasteiger partial charge in [0, 0.05) is 11.8 Å². The molecule has 140 valence electrons. The normalized spacial score (nSPS) is 12.1. The molecule has 2 heterocycles. The molecular formula is C22H27N4O+. The molecule has 0 unspecified atom stereocenters. The van der Waals surface area contributed by atoms with E-state index in [2.05, 4.69) is 71.6 Å². The van der Waals surface area contributed by atoms with E-state index in [1.54, 1.807) is 7.11 Å². The van der Waals surface area contributed by atoms with Crippen LogP contribution in [0.2, 0.25) is 0 Å². The highest BCUT2D eigenvalue weighted by Gasteiger charge is 2.17. The molecule has 27 heavy (non-hydrogen) atoms. The zero-order chi connectivity index (χ0) is 19.0. The van der Waals surface area contributed by atoms with Crippen LogP contribution in [0.3, 0.4) is 0 Å². The lowest BCUT2D eigenvalue weighted by atomic mass is 10.1. The van der Waals surface area contributed by atoms with Crippen LogP contribution < -0.4 is 10.1 Å². The first-order valence-corrected chi connectivity index (χ1v) is 9.41. The van der Waals surface area contributed by atoms with Crippen molar-refractivity contribution in [1.82, 2.24) is 14.0 Å². The molecule has 0 spiro atoms. The van der Waals surface area contributed by atoms with Crippen LogP contribution in [-0.2, 0) is 6.54 Å². The predicted octanol–water partition coefficient (Wildman–Crippen LogP) is 3.33. The smallest absolute Gasteiger partial charge is 0.215 e. The van der Waals surface area contributed by atoms with Gasteiger partial charge in [0.15, 0.2) is 0 Å². The van der Waals surface area contributed by atoms with E-state index >= 15 is 0 Å². The molecule has 0 aliphatic carbocycles. The standard InChI is InChI=1S/C22H26N4O/c1-22(2,3)23-13-14-25-20(16-9-11-17(27-4)12-10-16)15-26-19-8-6-5-7-18(19)24-21(25)26/h5-12,15,23H,13-14H2,1-4H3/p+1. The Morgan fingerprint density at radius 1 is 1.04 bits per heavy atom. The second-order valence-corrected chi connectivity index (χ2v) is 8.02. The molecule has 2 N–H and O–H groups in total. The van der Waals surface area contributed by atoms with Crippen LogP contribution in [-0.4, -0.2) is 33.1 Å². The number of para-hydroxylation sites is 2. The minimum absolute atomic E-state index is 0.212. The van der Waals surface area contributed by atoms with Crippen molar-refractivity contribution in [2.45, 2.75) is 32.9 Å². The van der Waals surface area contributed by atoms with Crippen LogP contribution in [0.5, 0.6) is 5.75 Å². The van der Waals surface area contributed by atoms with Crippen LogP contribution in [0.15, 0.2) is 54.7 Å². The number of hydrogen-bond acceptors (Lipinski definition) is 2. The number of fused-ring (bicyclic) bond motifs is 3. The van der Waals surface area contributed by atoms with Crippen molar-refractivity contribution in [3.8, 4) is 17.0 Å². The Bertz CT molecular complexity index is 1070. The summed E-state index contributed by atoms with van der Waals surface area (Å²) >= 11 is 0. The van der Waals surface area contributed by atoms with Gasteiger partial charge in [-0.3, -0.25) is 4.40 Å². The molecule has 0 saturated heterocycles. The molecule has 0 saturated carbocycles. The molecule has 5 heteroatoms. The highest BCUT2D eigenvalue weighted by Crippen LogP contribution is 2.27. The van der Waals surface area contributed by atoms with Gasteiger partial charge in [0.05, 0.1) is 42.5 Å². The number of imidazole rings is 2. The fourth-order valence-electron chi connectivity index (χ4n) is 3.49. The zero-order valence-corrected chi connectivity index (χ0v) is 16.4. The molecule has 0 aliphatic rings. The highest BCUT2D eigenvalue weighted by molar-refractivity contribution is 5.81. The van der Waals surface area contributed by atoms with Crippen molar-refractivity contribution in [3.05, 3.63) is 54.7 Å². The van der Waals surface area contributed by atoms with Gasteiger partial charge in [-0.15, -0.1) is 0 Å². The topological polar surface area (TPSA) is 48.1 Å². The van der Waals surface area contributed by atoms with E-state index in [1.165, 1.54) is 11.3 Å². The number of ether oxygens (including phenoxy) is 1. The van der Waals surface area contributed by atoms with Gasteiger partial charge in [-0.1, -0.05) is 12.1 Å². The Kier molecular flexibility index (Phi) is 4.40. The number of aromatic nitrogens is 3. The summed E-state index contributed by atoms with van der Waals surface area (Å²) < 4.78 is 9.83. The summed E-state index contributed by atoms with van der Waals surface area (Å²) in [5.41, 5.74) is 4.72. The molecular weight excluding hydrogens is 336 g/mol. The Hall–Kier alpha value is -2.79. The van der Waals surface area contributed by atoms with Crippen molar-refractivity contribution < 1.29 is 10.1 Å². The number of quaternary nitrogens is 1. The van der Waals surface area contributed by atoms with E-state index in [9.17, 15) is 0 Å². The van der Waals surface area contributed by atoms with Crippen molar-refractivity contribution in [2.24, 2.45) is 0 Å². The van der Waals surface area contributed by atoms with Crippen molar-refractivity contribution >= 4 is 16.8 Å². The summed E-state index contributed by atoms with van der Waals surface area (Å²) in [6.45, 7) is 8.63. The first-order chi connectivity index (χ1) is 13.0. The summed E-state index contributed by atoms with van der Waals surface area (Å²) in [6, 6.07) is 16.5. The Morgan fingerprint density at radius 3 is 2.48 bits per heavy atom. The highest BCUT2D eigenvalue weighted by atomic mass is 16.5. The number of nitrogens with two attached hydrogens (primary N) is 1. The predicted molar refractivity (Wildman–Crippen MR) is 109 cm³/mol. The molecule has 4 aromatic rings. The SMILES string of the molecule is COc1ccc(-c2cn3c4ccccc4nc3n2CC[NH2+]C(C)(C)C)cc1. The average Bonchev–Trinajstić information content (AvgIpc) is 3.18. The quantitative estimate of drug-likeness (QED) is 0.591. The summed E-state index contributed by atoms with van der Waals surface area (Å²) in [7, 11) is 1.69. The number of nitrogens with zero attached hydrogens (tertiary/aromatic N) is 3. The molecule has 4 rings (SSSR count). The molecule has 0 radical (unpaired) electrons. The molecule has 0 aliphatic heterocycles. The van der Waals surface area contributed by atoms with E-state index in [-0.39, 0.29) is 5.54 Å². The van der Waals surface area contributed by atoms with Crippen LogP contribution in [0, 0.1) is 0 Å². The van der Waals surface area contributed by atoms with Crippen molar-refractivity contribution in [3.63, 3.8) is 0 Å². The van der Waals surface area contributed by atoms with E-state index in [4.69, 9.17) is 9.72 Å². The van der Waals surface area contributed by atoms with Gasteiger partial charge in [0.1, 0.15) is 5.75 Å². The Morgan fingerprint density at radius 2 is 1.78 bits per heavy atom. The minimum atomic E-state index is 0.212. The van der Waals surface area contributed by atoms with Crippen molar-refractivity contribution in [2.75, 3.05) is 13.7 Å². The Balaban J connectivity index is 1.81. The number of methoxy groups -OCH3 is 1. The second kappa shape index (κ2) is 6.74. The molecule has 5 nitrogen and oxygen atoms in total. The third kappa shape index (κ3) is 3.43.